The molecule has 0 fully saturated rings. The molecular formula is C32H31Cl2N5O3. The maximum Gasteiger partial charge on any atom is 0.280 e. The summed E-state index contributed by atoms with van der Waals surface area (Å²) in [5, 5.41) is 3.93. The molecule has 2 aliphatic heterocycles. The highest BCUT2D eigenvalue weighted by Crippen LogP contribution is 2.55. The standard InChI is InChI=1S/C32H31Cl2N5O3/c1-16(2)38-28-27(36-29(38)21-12-18(4)24(37(5)6)15-26(21)42-7)30(40)39(25-14-20(34)9-8-17(25)3)32(28)22-11-10-19(33)13-23(22)35-31(32)41/h8-16H,1-7H3,(H,35,41). The fraction of sp³-hybridized carbons (Fsp3) is 0.281. The van der Waals surface area contributed by atoms with Crippen LogP contribution in [0.15, 0.2) is 48.5 Å². The summed E-state index contributed by atoms with van der Waals surface area (Å²) in [4.78, 5) is 37.6. The van der Waals surface area contributed by atoms with Gasteiger partial charge >= 0.3 is 0 Å². The van der Waals surface area contributed by atoms with E-state index in [9.17, 15) is 9.59 Å². The minimum Gasteiger partial charge on any atom is -0.496 e. The van der Waals surface area contributed by atoms with Crippen LogP contribution < -0.4 is 19.9 Å². The number of carbonyl (C=O) groups is 2. The van der Waals surface area contributed by atoms with Crippen molar-refractivity contribution in [3.63, 3.8) is 0 Å². The highest BCUT2D eigenvalue weighted by atomic mass is 35.5. The second kappa shape index (κ2) is 9.78. The van der Waals surface area contributed by atoms with E-state index in [2.05, 4.69) is 5.32 Å². The van der Waals surface area contributed by atoms with Gasteiger partial charge in [-0.15, -0.1) is 0 Å². The Morgan fingerprint density at radius 1 is 0.976 bits per heavy atom. The van der Waals surface area contributed by atoms with Gasteiger partial charge in [0, 0.05) is 53.2 Å². The Bertz CT molecular complexity index is 1810. The van der Waals surface area contributed by atoms with Crippen LogP contribution >= 0.6 is 23.2 Å². The molecule has 3 heterocycles. The van der Waals surface area contributed by atoms with E-state index < -0.39 is 11.4 Å². The number of methoxy groups -OCH3 is 1. The number of carbonyl (C=O) groups excluding carboxylic acids is 2. The van der Waals surface area contributed by atoms with Crippen LogP contribution in [0.4, 0.5) is 17.1 Å². The minimum absolute atomic E-state index is 0.177. The van der Waals surface area contributed by atoms with Gasteiger partial charge in [-0.25, -0.2) is 4.98 Å². The minimum atomic E-state index is -1.55. The maximum absolute atomic E-state index is 14.6. The third kappa shape index (κ3) is 3.78. The van der Waals surface area contributed by atoms with Crippen molar-refractivity contribution >= 4 is 52.1 Å². The lowest BCUT2D eigenvalue weighted by molar-refractivity contribution is -0.119. The molecule has 1 N–H and O–H groups in total. The number of halogens is 2. The Morgan fingerprint density at radius 3 is 2.33 bits per heavy atom. The predicted octanol–water partition coefficient (Wildman–Crippen LogP) is 6.99. The van der Waals surface area contributed by atoms with Gasteiger partial charge in [-0.2, -0.15) is 0 Å². The van der Waals surface area contributed by atoms with Crippen molar-refractivity contribution in [3.05, 3.63) is 86.7 Å². The van der Waals surface area contributed by atoms with Gasteiger partial charge in [0.25, 0.3) is 11.8 Å². The number of aromatic nitrogens is 2. The van der Waals surface area contributed by atoms with Gasteiger partial charge < -0.3 is 19.5 Å². The van der Waals surface area contributed by atoms with Gasteiger partial charge in [-0.05, 0) is 69.2 Å². The molecule has 0 saturated carbocycles. The Morgan fingerprint density at radius 2 is 1.67 bits per heavy atom. The van der Waals surface area contributed by atoms with Crippen LogP contribution in [0.3, 0.4) is 0 Å². The molecule has 1 aromatic heterocycles. The first-order chi connectivity index (χ1) is 19.9. The zero-order valence-corrected chi connectivity index (χ0v) is 26.0. The number of benzene rings is 3. The van der Waals surface area contributed by atoms with Gasteiger partial charge in [0.05, 0.1) is 24.1 Å². The lowest BCUT2D eigenvalue weighted by Crippen LogP contribution is -2.51. The SMILES string of the molecule is COc1cc(N(C)C)c(C)cc1-c1nc2c(n1C(C)C)C1(C(=O)Nc3cc(Cl)ccc31)N(c1cc(Cl)ccc1C)C2=O. The summed E-state index contributed by atoms with van der Waals surface area (Å²) in [6.07, 6.45) is 0. The molecule has 2 amide bonds. The van der Waals surface area contributed by atoms with Gasteiger partial charge in [0.1, 0.15) is 11.6 Å². The van der Waals surface area contributed by atoms with Crippen molar-refractivity contribution in [1.29, 1.82) is 0 Å². The largest absolute Gasteiger partial charge is 0.496 e. The van der Waals surface area contributed by atoms with Crippen molar-refractivity contribution in [3.8, 4) is 17.1 Å². The molecule has 0 radical (unpaired) electrons. The average molecular weight is 605 g/mol. The Hall–Kier alpha value is -4.01. The van der Waals surface area contributed by atoms with Crippen molar-refractivity contribution in [1.82, 2.24) is 9.55 Å². The molecule has 4 aromatic rings. The number of ether oxygens (including phenoxy) is 1. The number of amides is 2. The number of rotatable bonds is 5. The number of nitrogens with zero attached hydrogens (tertiary/aromatic N) is 4. The molecule has 3 aromatic carbocycles. The zero-order valence-electron chi connectivity index (χ0n) is 24.5. The molecule has 1 unspecified atom stereocenters. The number of aryl methyl sites for hydroxylation is 2. The molecule has 1 spiro atoms. The van der Waals surface area contributed by atoms with E-state index in [1.54, 1.807) is 42.3 Å². The van der Waals surface area contributed by atoms with E-state index in [1.807, 2.05) is 69.5 Å². The first-order valence-electron chi connectivity index (χ1n) is 13.6. The lowest BCUT2D eigenvalue weighted by Gasteiger charge is -2.36. The van der Waals surface area contributed by atoms with E-state index in [1.165, 1.54) is 0 Å². The van der Waals surface area contributed by atoms with Crippen LogP contribution in [-0.4, -0.2) is 42.6 Å². The van der Waals surface area contributed by atoms with Crippen molar-refractivity contribution in [2.24, 2.45) is 0 Å². The number of imidazole rings is 1. The summed E-state index contributed by atoms with van der Waals surface area (Å²) < 4.78 is 7.84. The molecule has 0 saturated heterocycles. The molecule has 0 aliphatic carbocycles. The topological polar surface area (TPSA) is 79.7 Å². The van der Waals surface area contributed by atoms with Crippen LogP contribution in [0.2, 0.25) is 10.0 Å². The lowest BCUT2D eigenvalue weighted by atomic mass is 9.86. The van der Waals surface area contributed by atoms with Crippen LogP contribution in [0, 0.1) is 13.8 Å². The average Bonchev–Trinajstić information content (AvgIpc) is 3.53. The molecule has 10 heteroatoms. The monoisotopic (exact) mass is 603 g/mol. The predicted molar refractivity (Wildman–Crippen MR) is 168 cm³/mol. The molecule has 216 valence electrons. The molecular weight excluding hydrogens is 573 g/mol. The van der Waals surface area contributed by atoms with E-state index in [0.717, 1.165) is 22.4 Å². The molecule has 1 atom stereocenters. The molecule has 8 nitrogen and oxygen atoms in total. The summed E-state index contributed by atoms with van der Waals surface area (Å²) in [5.74, 6) is 0.396. The third-order valence-electron chi connectivity index (χ3n) is 8.11. The molecule has 42 heavy (non-hydrogen) atoms. The van der Waals surface area contributed by atoms with E-state index in [4.69, 9.17) is 32.9 Å². The van der Waals surface area contributed by atoms with Crippen LogP contribution in [-0.2, 0) is 10.3 Å². The first kappa shape index (κ1) is 28.1. The summed E-state index contributed by atoms with van der Waals surface area (Å²) in [6, 6.07) is 14.4. The Kier molecular flexibility index (Phi) is 6.55. The van der Waals surface area contributed by atoms with Crippen molar-refractivity contribution in [2.45, 2.75) is 39.3 Å². The van der Waals surface area contributed by atoms with Crippen LogP contribution in [0.1, 0.15) is 52.8 Å². The van der Waals surface area contributed by atoms with Crippen molar-refractivity contribution < 1.29 is 14.3 Å². The van der Waals surface area contributed by atoms with E-state index >= 15 is 0 Å². The number of anilines is 3. The fourth-order valence-corrected chi connectivity index (χ4v) is 6.67. The van der Waals surface area contributed by atoms with E-state index in [0.29, 0.717) is 44.3 Å². The van der Waals surface area contributed by atoms with E-state index in [-0.39, 0.29) is 17.6 Å². The first-order valence-corrected chi connectivity index (χ1v) is 14.4. The summed E-state index contributed by atoms with van der Waals surface area (Å²) in [6.45, 7) is 7.94. The van der Waals surface area contributed by atoms with Gasteiger partial charge in [0.15, 0.2) is 11.2 Å². The molecule has 2 aliphatic rings. The Labute approximate surface area is 254 Å². The van der Waals surface area contributed by atoms with Gasteiger partial charge in [-0.1, -0.05) is 35.3 Å². The zero-order chi connectivity index (χ0) is 30.2. The summed E-state index contributed by atoms with van der Waals surface area (Å²) >= 11 is 12.8. The van der Waals surface area contributed by atoms with Crippen LogP contribution in [0.25, 0.3) is 11.4 Å². The smallest absolute Gasteiger partial charge is 0.280 e. The molecule has 0 bridgehead atoms. The summed E-state index contributed by atoms with van der Waals surface area (Å²) in [7, 11) is 5.56. The van der Waals surface area contributed by atoms with Crippen LogP contribution in [0.5, 0.6) is 5.75 Å². The Balaban J connectivity index is 1.73. The quantitative estimate of drug-likeness (QED) is 0.266. The number of hydrogen-bond acceptors (Lipinski definition) is 5. The second-order valence-corrected chi connectivity index (χ2v) is 12.1. The number of nitrogens with one attached hydrogen (secondary N) is 1. The highest BCUT2D eigenvalue weighted by molar-refractivity contribution is 6.32. The van der Waals surface area contributed by atoms with Gasteiger partial charge in [0.2, 0.25) is 0 Å². The normalized spacial score (nSPS) is 17.2. The maximum atomic E-state index is 14.6. The van der Waals surface area contributed by atoms with Crippen molar-refractivity contribution in [2.75, 3.05) is 36.3 Å². The number of hydrogen-bond donors (Lipinski definition) is 1. The van der Waals surface area contributed by atoms with Gasteiger partial charge in [-0.3, -0.25) is 14.5 Å². The highest BCUT2D eigenvalue weighted by Gasteiger charge is 2.64. The number of fused-ring (bicyclic) bond motifs is 4. The fourth-order valence-electron chi connectivity index (χ4n) is 6.33. The summed E-state index contributed by atoms with van der Waals surface area (Å²) in [5.41, 5.74) is 4.37. The molecule has 6 rings (SSSR count). The third-order valence-corrected chi connectivity index (χ3v) is 8.58. The second-order valence-electron chi connectivity index (χ2n) is 11.3.